The normalized spacial score (nSPS) is 26.1. The lowest BCUT2D eigenvalue weighted by Crippen LogP contribution is -2.25. The average molecular weight is 362 g/mol. The van der Waals surface area contributed by atoms with E-state index in [1.165, 1.54) is 7.11 Å². The van der Waals surface area contributed by atoms with Gasteiger partial charge in [0.1, 0.15) is 0 Å². The summed E-state index contributed by atoms with van der Waals surface area (Å²) in [7, 11) is 1.33. The van der Waals surface area contributed by atoms with Gasteiger partial charge in [-0.15, -0.1) is 0 Å². The quantitative estimate of drug-likeness (QED) is 0.706. The van der Waals surface area contributed by atoms with Crippen molar-refractivity contribution in [2.75, 3.05) is 7.11 Å². The second-order valence-electron chi connectivity index (χ2n) is 7.69. The molecule has 142 valence electrons. The van der Waals surface area contributed by atoms with Crippen LogP contribution in [0.2, 0.25) is 0 Å². The van der Waals surface area contributed by atoms with Crippen LogP contribution in [-0.2, 0) is 19.1 Å². The van der Waals surface area contributed by atoms with E-state index in [-0.39, 0.29) is 30.1 Å². The van der Waals surface area contributed by atoms with Crippen LogP contribution in [-0.4, -0.2) is 41.3 Å². The van der Waals surface area contributed by atoms with E-state index in [2.05, 4.69) is 10.3 Å². The van der Waals surface area contributed by atoms with Crippen molar-refractivity contribution in [3.8, 4) is 0 Å². The van der Waals surface area contributed by atoms with Gasteiger partial charge < -0.3 is 15.2 Å². The number of aliphatic carboxylic acids is 1. The first-order valence-corrected chi connectivity index (χ1v) is 8.59. The lowest BCUT2D eigenvalue weighted by molar-refractivity contribution is -0.140. The van der Waals surface area contributed by atoms with E-state index >= 15 is 0 Å². The van der Waals surface area contributed by atoms with Crippen LogP contribution in [0.3, 0.4) is 0 Å². The summed E-state index contributed by atoms with van der Waals surface area (Å²) in [6.07, 6.45) is 2.66. The Kier molecular flexibility index (Phi) is 5.39. The van der Waals surface area contributed by atoms with Gasteiger partial charge in [-0.25, -0.2) is 0 Å². The molecule has 1 amide bonds. The molecule has 2 aliphatic rings. The first kappa shape index (κ1) is 19.9. The van der Waals surface area contributed by atoms with Crippen molar-refractivity contribution < 1.29 is 24.2 Å². The molecule has 2 N–H and O–H groups in total. The van der Waals surface area contributed by atoms with E-state index in [0.717, 1.165) is 16.8 Å². The molecule has 2 aliphatic heterocycles. The molecule has 7 nitrogen and oxygen atoms in total. The van der Waals surface area contributed by atoms with Crippen molar-refractivity contribution in [2.24, 2.45) is 10.4 Å². The lowest BCUT2D eigenvalue weighted by atomic mass is 9.86. The van der Waals surface area contributed by atoms with Gasteiger partial charge in [0, 0.05) is 24.0 Å². The lowest BCUT2D eigenvalue weighted by Gasteiger charge is -2.21. The van der Waals surface area contributed by atoms with E-state index in [0.29, 0.717) is 18.6 Å². The van der Waals surface area contributed by atoms with E-state index in [9.17, 15) is 19.5 Å². The Morgan fingerprint density at radius 2 is 2.00 bits per heavy atom. The highest BCUT2D eigenvalue weighted by molar-refractivity contribution is 6.12. The smallest absolute Gasteiger partial charge is 0.306 e. The molecule has 0 aromatic carbocycles. The number of rotatable bonds is 6. The number of amides is 1. The highest BCUT2D eigenvalue weighted by Gasteiger charge is 2.39. The number of nitrogens with zero attached hydrogens (tertiary/aromatic N) is 1. The first-order valence-electron chi connectivity index (χ1n) is 8.59. The molecule has 0 radical (unpaired) electrons. The largest absolute Gasteiger partial charge is 0.481 e. The number of hydrogen-bond acceptors (Lipinski definition) is 5. The monoisotopic (exact) mass is 362 g/mol. The molecule has 2 rings (SSSR count). The van der Waals surface area contributed by atoms with Crippen LogP contribution in [0.25, 0.3) is 0 Å². The van der Waals surface area contributed by atoms with Gasteiger partial charge in [-0.05, 0) is 37.5 Å². The maximum absolute atomic E-state index is 11.8. The number of aliphatic imine (C=N–C) groups is 1. The number of carboxylic acid groups (broad SMARTS) is 1. The minimum atomic E-state index is -0.939. The van der Waals surface area contributed by atoms with Gasteiger partial charge in [0.15, 0.2) is 0 Å². The third kappa shape index (κ3) is 4.03. The number of allylic oxidation sites excluding steroid dienone is 3. The first-order chi connectivity index (χ1) is 12.0. The molecule has 0 saturated carbocycles. The van der Waals surface area contributed by atoms with Crippen molar-refractivity contribution in [2.45, 2.75) is 58.9 Å². The number of ether oxygens (including phenoxy) is 1. The van der Waals surface area contributed by atoms with Gasteiger partial charge in [0.25, 0.3) is 0 Å². The summed E-state index contributed by atoms with van der Waals surface area (Å²) in [4.78, 5) is 39.3. The molecule has 1 unspecified atom stereocenters. The van der Waals surface area contributed by atoms with E-state index in [4.69, 9.17) is 4.74 Å². The zero-order chi connectivity index (χ0) is 19.7. The topological polar surface area (TPSA) is 105 Å². The number of carbonyl (C=O) groups is 3. The number of carboxylic acids is 1. The summed E-state index contributed by atoms with van der Waals surface area (Å²) in [6.45, 7) is 7.56. The number of esters is 1. The predicted octanol–water partition coefficient (Wildman–Crippen LogP) is 2.37. The molecule has 0 aromatic heterocycles. The Balaban J connectivity index is 2.43. The van der Waals surface area contributed by atoms with Crippen molar-refractivity contribution in [1.29, 1.82) is 0 Å². The Morgan fingerprint density at radius 3 is 2.50 bits per heavy atom. The molecule has 1 atom stereocenters. The summed E-state index contributed by atoms with van der Waals surface area (Å²) < 4.78 is 4.71. The van der Waals surface area contributed by atoms with Crippen molar-refractivity contribution in [3.63, 3.8) is 0 Å². The van der Waals surface area contributed by atoms with Crippen LogP contribution >= 0.6 is 0 Å². The fourth-order valence-corrected chi connectivity index (χ4v) is 3.39. The Bertz CT molecular complexity index is 745. The molecule has 2 heterocycles. The van der Waals surface area contributed by atoms with Crippen molar-refractivity contribution >= 4 is 23.6 Å². The fraction of sp³-hybridized carbons (Fsp3) is 0.579. The molecule has 0 spiro atoms. The van der Waals surface area contributed by atoms with Crippen molar-refractivity contribution in [1.82, 2.24) is 5.32 Å². The third-order valence-electron chi connectivity index (χ3n) is 5.13. The summed E-state index contributed by atoms with van der Waals surface area (Å²) in [5.74, 6) is -1.32. The third-order valence-corrected chi connectivity index (χ3v) is 5.13. The molecule has 0 aromatic rings. The highest BCUT2D eigenvalue weighted by atomic mass is 16.5. The van der Waals surface area contributed by atoms with Crippen LogP contribution < -0.4 is 5.32 Å². The summed E-state index contributed by atoms with van der Waals surface area (Å²) >= 11 is 0. The maximum atomic E-state index is 11.8. The Hall–Kier alpha value is -2.44. The standard InChI is InChI=1S/C19H26N2O5/c1-11-12(6-7-17(25)26-5)13(21-19(11,4)10-16(23)24)8-14-18(2,3)9-15(22)20-14/h8H,6-7,9-10H2,1-5H3,(H,20,22)(H,23,24)/b14-8-. The van der Waals surface area contributed by atoms with Gasteiger partial charge in [-0.3, -0.25) is 19.4 Å². The summed E-state index contributed by atoms with van der Waals surface area (Å²) in [5, 5.41) is 12.1. The molecule has 1 fully saturated rings. The Labute approximate surface area is 153 Å². The van der Waals surface area contributed by atoms with Crippen molar-refractivity contribution in [3.05, 3.63) is 22.9 Å². The van der Waals surface area contributed by atoms with Gasteiger partial charge in [-0.1, -0.05) is 13.8 Å². The Morgan fingerprint density at radius 1 is 1.35 bits per heavy atom. The molecule has 7 heteroatoms. The van der Waals surface area contributed by atoms with E-state index < -0.39 is 11.5 Å². The van der Waals surface area contributed by atoms with Crippen LogP contribution in [0.5, 0.6) is 0 Å². The predicted molar refractivity (Wildman–Crippen MR) is 96.7 cm³/mol. The van der Waals surface area contributed by atoms with Crippen LogP contribution in [0.1, 0.15) is 53.4 Å². The highest BCUT2D eigenvalue weighted by Crippen LogP contribution is 2.39. The van der Waals surface area contributed by atoms with E-state index in [1.807, 2.05) is 26.8 Å². The minimum absolute atomic E-state index is 0.0510. The number of hydrogen-bond donors (Lipinski definition) is 2. The number of methoxy groups -OCH3 is 1. The fourth-order valence-electron chi connectivity index (χ4n) is 3.39. The number of carbonyl (C=O) groups excluding carboxylic acids is 2. The second kappa shape index (κ2) is 7.05. The minimum Gasteiger partial charge on any atom is -0.481 e. The molecule has 0 bridgehead atoms. The van der Waals surface area contributed by atoms with Crippen LogP contribution in [0, 0.1) is 5.41 Å². The SMILES string of the molecule is COC(=O)CCC1=C(C)C(C)(CC(=O)O)N=C1/C=C1\NC(=O)CC1(C)C. The van der Waals surface area contributed by atoms with Gasteiger partial charge in [-0.2, -0.15) is 0 Å². The van der Waals surface area contributed by atoms with Gasteiger partial charge in [0.05, 0.1) is 24.8 Å². The summed E-state index contributed by atoms with van der Waals surface area (Å²) in [5.41, 5.74) is 1.84. The van der Waals surface area contributed by atoms with E-state index in [1.54, 1.807) is 6.92 Å². The zero-order valence-corrected chi connectivity index (χ0v) is 15.9. The van der Waals surface area contributed by atoms with Crippen LogP contribution in [0.15, 0.2) is 27.9 Å². The molecule has 1 saturated heterocycles. The van der Waals surface area contributed by atoms with Gasteiger partial charge >= 0.3 is 11.9 Å². The second-order valence-corrected chi connectivity index (χ2v) is 7.69. The molecular weight excluding hydrogens is 336 g/mol. The summed E-state index contributed by atoms with van der Waals surface area (Å²) in [6, 6.07) is 0. The maximum Gasteiger partial charge on any atom is 0.306 e. The van der Waals surface area contributed by atoms with Crippen LogP contribution in [0.4, 0.5) is 0 Å². The average Bonchev–Trinajstić information content (AvgIpc) is 2.89. The molecular formula is C19H26N2O5. The number of nitrogens with one attached hydrogen (secondary N) is 1. The molecule has 26 heavy (non-hydrogen) atoms. The zero-order valence-electron chi connectivity index (χ0n) is 15.9. The molecule has 0 aliphatic carbocycles. The van der Waals surface area contributed by atoms with Gasteiger partial charge in [0.2, 0.25) is 5.91 Å².